The fourth-order valence-electron chi connectivity index (χ4n) is 3.00. The summed E-state index contributed by atoms with van der Waals surface area (Å²) in [5.74, 6) is 0.270. The van der Waals surface area contributed by atoms with Crippen LogP contribution in [0.5, 0.6) is 0 Å². The Morgan fingerprint density at radius 3 is 2.87 bits per heavy atom. The third kappa shape index (κ3) is 1.95. The highest BCUT2D eigenvalue weighted by molar-refractivity contribution is 5.68. The topological polar surface area (TPSA) is 49.8 Å². The predicted molar refractivity (Wildman–Crippen MR) is 55.5 cm³/mol. The summed E-state index contributed by atoms with van der Waals surface area (Å²) in [6.45, 7) is 0.778. The van der Waals surface area contributed by atoms with Gasteiger partial charge in [0.1, 0.15) is 0 Å². The lowest BCUT2D eigenvalue weighted by molar-refractivity contribution is -0.0222. The van der Waals surface area contributed by atoms with Gasteiger partial charge < -0.3 is 14.7 Å². The van der Waals surface area contributed by atoms with Crippen LogP contribution in [-0.4, -0.2) is 41.9 Å². The molecule has 3 atom stereocenters. The van der Waals surface area contributed by atoms with Crippen molar-refractivity contribution in [3.63, 3.8) is 0 Å². The number of likely N-dealkylation sites (tertiary alicyclic amines) is 1. The molecule has 2 rings (SSSR count). The van der Waals surface area contributed by atoms with E-state index < -0.39 is 0 Å². The molecule has 0 aromatic carbocycles. The number of rotatable bonds is 0. The smallest absolute Gasteiger partial charge is 0.409 e. The normalized spacial score (nSPS) is 35.9. The maximum Gasteiger partial charge on any atom is 0.409 e. The second-order valence-corrected chi connectivity index (χ2v) is 4.54. The van der Waals surface area contributed by atoms with Gasteiger partial charge >= 0.3 is 6.09 Å². The van der Waals surface area contributed by atoms with E-state index >= 15 is 0 Å². The van der Waals surface area contributed by atoms with E-state index in [1.54, 1.807) is 4.90 Å². The zero-order valence-corrected chi connectivity index (χ0v) is 9.19. The highest BCUT2D eigenvalue weighted by Gasteiger charge is 2.40. The number of piperidine rings is 1. The van der Waals surface area contributed by atoms with E-state index in [-0.39, 0.29) is 24.2 Å². The zero-order valence-electron chi connectivity index (χ0n) is 9.19. The number of nitrogens with zero attached hydrogens (tertiary/aromatic N) is 1. The van der Waals surface area contributed by atoms with Gasteiger partial charge in [-0.3, -0.25) is 0 Å². The minimum Gasteiger partial charge on any atom is -0.453 e. The fourth-order valence-corrected chi connectivity index (χ4v) is 3.00. The van der Waals surface area contributed by atoms with E-state index in [9.17, 15) is 9.90 Å². The van der Waals surface area contributed by atoms with E-state index in [1.165, 1.54) is 7.11 Å². The number of hydrogen-bond acceptors (Lipinski definition) is 3. The SMILES string of the molecule is COC(=O)N1CCC[C@@H]2[C@H](O)CCC[C@@H]21. The molecule has 1 N–H and O–H groups in total. The maximum atomic E-state index is 11.6. The summed E-state index contributed by atoms with van der Waals surface area (Å²) >= 11 is 0. The average molecular weight is 213 g/mol. The molecule has 1 saturated carbocycles. The number of amides is 1. The highest BCUT2D eigenvalue weighted by Crippen LogP contribution is 2.35. The van der Waals surface area contributed by atoms with Gasteiger partial charge in [0.25, 0.3) is 0 Å². The molecule has 0 bridgehead atoms. The summed E-state index contributed by atoms with van der Waals surface area (Å²) in [5.41, 5.74) is 0. The first kappa shape index (κ1) is 10.7. The summed E-state index contributed by atoms with van der Waals surface area (Å²) in [4.78, 5) is 13.4. The van der Waals surface area contributed by atoms with Crippen LogP contribution in [0.1, 0.15) is 32.1 Å². The maximum absolute atomic E-state index is 11.6. The van der Waals surface area contributed by atoms with Crippen molar-refractivity contribution in [2.45, 2.75) is 44.2 Å². The number of methoxy groups -OCH3 is 1. The van der Waals surface area contributed by atoms with Crippen LogP contribution in [0.4, 0.5) is 4.79 Å². The van der Waals surface area contributed by atoms with Crippen molar-refractivity contribution in [1.82, 2.24) is 4.90 Å². The Bertz CT molecular complexity index is 244. The van der Waals surface area contributed by atoms with Crippen molar-refractivity contribution < 1.29 is 14.6 Å². The van der Waals surface area contributed by atoms with Gasteiger partial charge in [-0.25, -0.2) is 4.79 Å². The molecule has 0 aromatic heterocycles. The summed E-state index contributed by atoms with van der Waals surface area (Å²) in [6.07, 6.45) is 4.46. The third-order valence-electron chi connectivity index (χ3n) is 3.73. The van der Waals surface area contributed by atoms with Crippen molar-refractivity contribution in [2.75, 3.05) is 13.7 Å². The van der Waals surface area contributed by atoms with Gasteiger partial charge in [0.15, 0.2) is 0 Å². The first-order valence-corrected chi connectivity index (χ1v) is 5.76. The van der Waals surface area contributed by atoms with Gasteiger partial charge in [-0.15, -0.1) is 0 Å². The van der Waals surface area contributed by atoms with Crippen molar-refractivity contribution in [3.8, 4) is 0 Å². The molecule has 4 nitrogen and oxygen atoms in total. The molecule has 1 aliphatic carbocycles. The first-order chi connectivity index (χ1) is 7.24. The monoisotopic (exact) mass is 213 g/mol. The largest absolute Gasteiger partial charge is 0.453 e. The molecule has 0 radical (unpaired) electrons. The summed E-state index contributed by atoms with van der Waals surface area (Å²) in [7, 11) is 1.42. The Balaban J connectivity index is 2.09. The predicted octanol–water partition coefficient (Wildman–Crippen LogP) is 1.38. The van der Waals surface area contributed by atoms with Crippen LogP contribution < -0.4 is 0 Å². The van der Waals surface area contributed by atoms with E-state index in [2.05, 4.69) is 0 Å². The van der Waals surface area contributed by atoms with Crippen LogP contribution in [-0.2, 0) is 4.74 Å². The molecule has 15 heavy (non-hydrogen) atoms. The number of carbonyl (C=O) groups excluding carboxylic acids is 1. The molecule has 2 aliphatic rings. The van der Waals surface area contributed by atoms with Crippen LogP contribution in [0.15, 0.2) is 0 Å². The Morgan fingerprint density at radius 1 is 1.33 bits per heavy atom. The molecule has 4 heteroatoms. The highest BCUT2D eigenvalue weighted by atomic mass is 16.5. The summed E-state index contributed by atoms with van der Waals surface area (Å²) in [5, 5.41) is 9.90. The van der Waals surface area contributed by atoms with Gasteiger partial charge in [-0.2, -0.15) is 0 Å². The second-order valence-electron chi connectivity index (χ2n) is 4.54. The van der Waals surface area contributed by atoms with Gasteiger partial charge in [0.05, 0.1) is 13.2 Å². The van der Waals surface area contributed by atoms with Gasteiger partial charge in [-0.1, -0.05) is 0 Å². The molecule has 1 heterocycles. The van der Waals surface area contributed by atoms with Gasteiger partial charge in [-0.05, 0) is 32.1 Å². The van der Waals surface area contributed by atoms with Gasteiger partial charge in [0.2, 0.25) is 0 Å². The van der Waals surface area contributed by atoms with Crippen molar-refractivity contribution >= 4 is 6.09 Å². The molecule has 0 aromatic rings. The molecule has 1 saturated heterocycles. The molecule has 1 aliphatic heterocycles. The van der Waals surface area contributed by atoms with Crippen LogP contribution in [0.3, 0.4) is 0 Å². The van der Waals surface area contributed by atoms with Crippen LogP contribution >= 0.6 is 0 Å². The number of aliphatic hydroxyl groups is 1. The van der Waals surface area contributed by atoms with Crippen LogP contribution in [0, 0.1) is 5.92 Å². The fraction of sp³-hybridized carbons (Fsp3) is 0.909. The quantitative estimate of drug-likeness (QED) is 0.661. The third-order valence-corrected chi connectivity index (χ3v) is 3.73. The number of hydrogen-bond donors (Lipinski definition) is 1. The first-order valence-electron chi connectivity index (χ1n) is 5.76. The lowest BCUT2D eigenvalue weighted by Crippen LogP contribution is -2.53. The molecule has 86 valence electrons. The molecule has 0 unspecified atom stereocenters. The second kappa shape index (κ2) is 4.39. The van der Waals surface area contributed by atoms with Crippen molar-refractivity contribution in [3.05, 3.63) is 0 Å². The Kier molecular flexibility index (Phi) is 3.14. The number of carbonyl (C=O) groups is 1. The summed E-state index contributed by atoms with van der Waals surface area (Å²) in [6, 6.07) is 0.204. The zero-order chi connectivity index (χ0) is 10.8. The van der Waals surface area contributed by atoms with Gasteiger partial charge in [0, 0.05) is 18.5 Å². The average Bonchev–Trinajstić information content (AvgIpc) is 2.28. The molecular formula is C11H19NO3. The Labute approximate surface area is 90.2 Å². The van der Waals surface area contributed by atoms with Crippen molar-refractivity contribution in [2.24, 2.45) is 5.92 Å². The van der Waals surface area contributed by atoms with E-state index in [1.807, 2.05) is 0 Å². The standard InChI is InChI=1S/C11H19NO3/c1-15-11(14)12-7-3-4-8-9(12)5-2-6-10(8)13/h8-10,13H,2-7H2,1H3/t8-,9-,10+/m0/s1. The number of aliphatic hydroxyl groups excluding tert-OH is 1. The minimum atomic E-state index is -0.237. The van der Waals surface area contributed by atoms with E-state index in [4.69, 9.17) is 4.74 Å². The van der Waals surface area contributed by atoms with Crippen molar-refractivity contribution in [1.29, 1.82) is 0 Å². The molecule has 0 spiro atoms. The number of ether oxygens (including phenoxy) is 1. The molecular weight excluding hydrogens is 194 g/mol. The summed E-state index contributed by atoms with van der Waals surface area (Å²) < 4.78 is 4.78. The van der Waals surface area contributed by atoms with E-state index in [0.717, 1.165) is 38.6 Å². The van der Waals surface area contributed by atoms with E-state index in [0.29, 0.717) is 0 Å². The Hall–Kier alpha value is -0.770. The number of fused-ring (bicyclic) bond motifs is 1. The molecule has 2 fully saturated rings. The van der Waals surface area contributed by atoms with Crippen LogP contribution in [0.25, 0.3) is 0 Å². The molecule has 1 amide bonds. The lowest BCUT2D eigenvalue weighted by Gasteiger charge is -2.45. The lowest BCUT2D eigenvalue weighted by atomic mass is 9.76. The minimum absolute atomic E-state index is 0.204. The van der Waals surface area contributed by atoms with Crippen LogP contribution in [0.2, 0.25) is 0 Å². The Morgan fingerprint density at radius 2 is 2.13 bits per heavy atom.